The van der Waals surface area contributed by atoms with Crippen LogP contribution in [0.1, 0.15) is 31.4 Å². The summed E-state index contributed by atoms with van der Waals surface area (Å²) in [6.07, 6.45) is 9.78. The summed E-state index contributed by atoms with van der Waals surface area (Å²) in [6.45, 7) is 2.47. The highest BCUT2D eigenvalue weighted by Crippen LogP contribution is 2.25. The van der Waals surface area contributed by atoms with E-state index in [9.17, 15) is 4.79 Å². The van der Waals surface area contributed by atoms with Crippen LogP contribution in [0.2, 0.25) is 0 Å². The molecule has 8 nitrogen and oxygen atoms in total. The Morgan fingerprint density at radius 2 is 2.04 bits per heavy atom. The first-order valence-electron chi connectivity index (χ1n) is 9.02. The predicted octanol–water partition coefficient (Wildman–Crippen LogP) is 2.12. The van der Waals surface area contributed by atoms with Gasteiger partial charge in [0.05, 0.1) is 24.4 Å². The van der Waals surface area contributed by atoms with E-state index < -0.39 is 0 Å². The summed E-state index contributed by atoms with van der Waals surface area (Å²) in [4.78, 5) is 23.4. The number of aromatic nitrogens is 4. The van der Waals surface area contributed by atoms with Gasteiger partial charge in [0.2, 0.25) is 5.91 Å². The molecule has 0 aliphatic carbocycles. The second-order valence-corrected chi connectivity index (χ2v) is 6.49. The van der Waals surface area contributed by atoms with Gasteiger partial charge in [-0.15, -0.1) is 0 Å². The van der Waals surface area contributed by atoms with Crippen molar-refractivity contribution in [3.8, 4) is 0 Å². The number of amides is 1. The Morgan fingerprint density at radius 1 is 1.19 bits per heavy atom. The van der Waals surface area contributed by atoms with Crippen LogP contribution in [-0.2, 0) is 17.9 Å². The maximum absolute atomic E-state index is 12.2. The Kier molecular flexibility index (Phi) is 4.81. The normalized spacial score (nSPS) is 15.2. The molecule has 0 saturated carbocycles. The molecule has 0 unspecified atom stereocenters. The molecule has 0 aromatic carbocycles. The van der Waals surface area contributed by atoms with E-state index in [2.05, 4.69) is 25.3 Å². The number of anilines is 1. The zero-order valence-corrected chi connectivity index (χ0v) is 14.6. The number of fused-ring (bicyclic) bond motifs is 1. The van der Waals surface area contributed by atoms with Gasteiger partial charge in [-0.3, -0.25) is 4.79 Å². The van der Waals surface area contributed by atoms with Gasteiger partial charge in [-0.1, -0.05) is 12.8 Å². The molecule has 4 heterocycles. The summed E-state index contributed by atoms with van der Waals surface area (Å²) < 4.78 is 6.84. The smallest absolute Gasteiger partial charge is 0.242 e. The monoisotopic (exact) mass is 354 g/mol. The Hall–Kier alpha value is -2.90. The average Bonchev–Trinajstić information content (AvgIpc) is 3.23. The van der Waals surface area contributed by atoms with Gasteiger partial charge in [0.25, 0.3) is 0 Å². The fourth-order valence-corrected chi connectivity index (χ4v) is 3.32. The molecular formula is C18H22N6O2. The molecule has 0 bridgehead atoms. The van der Waals surface area contributed by atoms with Crippen LogP contribution in [0.15, 0.2) is 35.3 Å². The predicted molar refractivity (Wildman–Crippen MR) is 96.6 cm³/mol. The molecule has 4 rings (SSSR count). The zero-order valence-electron chi connectivity index (χ0n) is 14.6. The number of nitrogens with zero attached hydrogens (tertiary/aromatic N) is 5. The minimum Gasteiger partial charge on any atom is -0.467 e. The summed E-state index contributed by atoms with van der Waals surface area (Å²) in [7, 11) is 0. The van der Waals surface area contributed by atoms with Gasteiger partial charge in [0, 0.05) is 13.1 Å². The summed E-state index contributed by atoms with van der Waals surface area (Å²) in [5, 5.41) is 8.09. The van der Waals surface area contributed by atoms with E-state index in [4.69, 9.17) is 4.42 Å². The van der Waals surface area contributed by atoms with Crippen molar-refractivity contribution in [2.24, 2.45) is 0 Å². The van der Waals surface area contributed by atoms with E-state index in [1.54, 1.807) is 29.5 Å². The van der Waals surface area contributed by atoms with Gasteiger partial charge in [0.15, 0.2) is 5.65 Å². The lowest BCUT2D eigenvalue weighted by Gasteiger charge is -2.21. The van der Waals surface area contributed by atoms with Crippen molar-refractivity contribution in [2.75, 3.05) is 18.0 Å². The fourth-order valence-electron chi connectivity index (χ4n) is 3.32. The second-order valence-electron chi connectivity index (χ2n) is 6.49. The first kappa shape index (κ1) is 16.6. The van der Waals surface area contributed by atoms with Crippen LogP contribution in [0.4, 0.5) is 5.82 Å². The first-order valence-corrected chi connectivity index (χ1v) is 9.02. The molecule has 3 aromatic rings. The van der Waals surface area contributed by atoms with E-state index >= 15 is 0 Å². The van der Waals surface area contributed by atoms with E-state index in [1.165, 1.54) is 25.7 Å². The van der Waals surface area contributed by atoms with Crippen molar-refractivity contribution in [3.05, 3.63) is 36.7 Å². The number of hydrogen-bond donors (Lipinski definition) is 1. The molecule has 0 radical (unpaired) electrons. The minimum absolute atomic E-state index is 0.112. The van der Waals surface area contributed by atoms with Gasteiger partial charge in [-0.25, -0.2) is 14.6 Å². The summed E-state index contributed by atoms with van der Waals surface area (Å²) >= 11 is 0. The molecule has 1 aliphatic rings. The lowest BCUT2D eigenvalue weighted by Crippen LogP contribution is -2.27. The van der Waals surface area contributed by atoms with Crippen LogP contribution in [-0.4, -0.2) is 38.7 Å². The molecule has 8 heteroatoms. The lowest BCUT2D eigenvalue weighted by molar-refractivity contribution is -0.122. The van der Waals surface area contributed by atoms with E-state index in [-0.39, 0.29) is 12.5 Å². The van der Waals surface area contributed by atoms with E-state index in [0.29, 0.717) is 12.2 Å². The SMILES string of the molecule is O=C(Cn1ncc2c(N3CCCCCC3)ncnc21)NCc1ccco1. The second kappa shape index (κ2) is 7.55. The number of carbonyl (C=O) groups is 1. The lowest BCUT2D eigenvalue weighted by atomic mass is 10.2. The van der Waals surface area contributed by atoms with Crippen molar-refractivity contribution >= 4 is 22.8 Å². The summed E-state index contributed by atoms with van der Waals surface area (Å²) in [5.74, 6) is 1.50. The molecule has 1 amide bonds. The van der Waals surface area contributed by atoms with Crippen LogP contribution in [0.5, 0.6) is 0 Å². The number of carbonyl (C=O) groups excluding carboxylic acids is 1. The van der Waals surface area contributed by atoms with Crippen LogP contribution < -0.4 is 10.2 Å². The number of nitrogens with one attached hydrogen (secondary N) is 1. The number of rotatable bonds is 5. The highest BCUT2D eigenvalue weighted by Gasteiger charge is 2.18. The van der Waals surface area contributed by atoms with Crippen molar-refractivity contribution in [2.45, 2.75) is 38.8 Å². The topological polar surface area (TPSA) is 89.1 Å². The Balaban J connectivity index is 1.49. The zero-order chi connectivity index (χ0) is 17.8. The highest BCUT2D eigenvalue weighted by molar-refractivity contribution is 5.87. The van der Waals surface area contributed by atoms with Crippen LogP contribution in [0, 0.1) is 0 Å². The standard InChI is InChI=1S/C18H22N6O2/c25-16(19-10-14-6-5-9-26-14)12-24-18-15(11-22-24)17(20-13-21-18)23-7-3-1-2-4-8-23/h5-6,9,11,13H,1-4,7-8,10,12H2,(H,19,25). The van der Waals surface area contributed by atoms with E-state index in [0.717, 1.165) is 30.1 Å². The van der Waals surface area contributed by atoms with Crippen LogP contribution >= 0.6 is 0 Å². The third-order valence-electron chi connectivity index (χ3n) is 4.65. The Bertz CT molecular complexity index is 865. The largest absolute Gasteiger partial charge is 0.467 e. The van der Waals surface area contributed by atoms with Gasteiger partial charge in [-0.05, 0) is 25.0 Å². The molecule has 1 saturated heterocycles. The molecule has 0 atom stereocenters. The Labute approximate surface area is 151 Å². The average molecular weight is 354 g/mol. The maximum atomic E-state index is 12.2. The molecule has 1 fully saturated rings. The molecule has 26 heavy (non-hydrogen) atoms. The van der Waals surface area contributed by atoms with Crippen LogP contribution in [0.25, 0.3) is 11.0 Å². The first-order chi connectivity index (χ1) is 12.8. The third-order valence-corrected chi connectivity index (χ3v) is 4.65. The molecule has 136 valence electrons. The molecular weight excluding hydrogens is 332 g/mol. The quantitative estimate of drug-likeness (QED) is 0.755. The number of hydrogen-bond acceptors (Lipinski definition) is 6. The van der Waals surface area contributed by atoms with Crippen LogP contribution in [0.3, 0.4) is 0 Å². The third kappa shape index (κ3) is 3.54. The van der Waals surface area contributed by atoms with Crippen molar-refractivity contribution < 1.29 is 9.21 Å². The highest BCUT2D eigenvalue weighted by atomic mass is 16.3. The van der Waals surface area contributed by atoms with Crippen molar-refractivity contribution in [1.82, 2.24) is 25.1 Å². The summed E-state index contributed by atoms with van der Waals surface area (Å²) in [6, 6.07) is 3.62. The van der Waals surface area contributed by atoms with Gasteiger partial charge < -0.3 is 14.6 Å². The number of furan rings is 1. The minimum atomic E-state index is -0.138. The summed E-state index contributed by atoms with van der Waals surface area (Å²) in [5.41, 5.74) is 0.687. The van der Waals surface area contributed by atoms with E-state index in [1.807, 2.05) is 6.07 Å². The molecule has 0 spiro atoms. The van der Waals surface area contributed by atoms with Crippen molar-refractivity contribution in [1.29, 1.82) is 0 Å². The van der Waals surface area contributed by atoms with Crippen molar-refractivity contribution in [3.63, 3.8) is 0 Å². The Morgan fingerprint density at radius 3 is 2.81 bits per heavy atom. The van der Waals surface area contributed by atoms with Gasteiger partial charge >= 0.3 is 0 Å². The van der Waals surface area contributed by atoms with Gasteiger partial charge in [-0.2, -0.15) is 5.10 Å². The fraction of sp³-hybridized carbons (Fsp3) is 0.444. The molecule has 1 aliphatic heterocycles. The molecule has 3 aromatic heterocycles. The molecule has 1 N–H and O–H groups in total. The van der Waals surface area contributed by atoms with Gasteiger partial charge in [0.1, 0.15) is 24.5 Å². The maximum Gasteiger partial charge on any atom is 0.242 e.